The summed E-state index contributed by atoms with van der Waals surface area (Å²) in [5.74, 6) is -3.91. The van der Waals surface area contributed by atoms with E-state index in [-0.39, 0.29) is 19.3 Å². The Bertz CT molecular complexity index is 788. The lowest BCUT2D eigenvalue weighted by atomic mass is 9.87. The summed E-state index contributed by atoms with van der Waals surface area (Å²) in [6, 6.07) is 0. The van der Waals surface area contributed by atoms with Crippen LogP contribution >= 0.6 is 0 Å². The molecular weight excluding hydrogens is 447 g/mol. The van der Waals surface area contributed by atoms with E-state index in [1.807, 2.05) is 0 Å². The molecule has 2 bridgehead atoms. The SMILES string of the molecule is CC(C)(C)OC(=O)OC1CC2CC1CC2C(=O)OC(C(F)(F)F)C(F)(F)S(=O)(=O)O. The van der Waals surface area contributed by atoms with E-state index < -0.39 is 69.2 Å². The molecule has 0 spiro atoms. The Kier molecular flexibility index (Phi) is 6.36. The van der Waals surface area contributed by atoms with E-state index in [4.69, 9.17) is 14.0 Å². The highest BCUT2D eigenvalue weighted by Crippen LogP contribution is 2.51. The fourth-order valence-corrected chi connectivity index (χ4v) is 4.17. The molecule has 0 aromatic rings. The average molecular weight is 468 g/mol. The first-order valence-electron chi connectivity index (χ1n) is 8.84. The van der Waals surface area contributed by atoms with Crippen LogP contribution in [0.4, 0.5) is 26.7 Å². The van der Waals surface area contributed by atoms with Crippen molar-refractivity contribution in [1.29, 1.82) is 0 Å². The molecule has 0 heterocycles. The van der Waals surface area contributed by atoms with Crippen LogP contribution in [0.3, 0.4) is 0 Å². The van der Waals surface area contributed by atoms with Gasteiger partial charge in [-0.1, -0.05) is 0 Å². The predicted octanol–water partition coefficient (Wildman–Crippen LogP) is 3.31. The first-order chi connectivity index (χ1) is 13.3. The van der Waals surface area contributed by atoms with Gasteiger partial charge >= 0.3 is 33.7 Å². The van der Waals surface area contributed by atoms with Crippen molar-refractivity contribution in [3.05, 3.63) is 0 Å². The van der Waals surface area contributed by atoms with Gasteiger partial charge in [-0.3, -0.25) is 9.35 Å². The second kappa shape index (κ2) is 7.77. The van der Waals surface area contributed by atoms with Gasteiger partial charge in [0.2, 0.25) is 0 Å². The molecule has 2 aliphatic carbocycles. The molecule has 0 aromatic heterocycles. The molecule has 0 aromatic carbocycles. The molecule has 5 unspecified atom stereocenters. The van der Waals surface area contributed by atoms with Crippen molar-refractivity contribution < 1.29 is 58.7 Å². The zero-order valence-electron chi connectivity index (χ0n) is 16.1. The number of hydrogen-bond donors (Lipinski definition) is 1. The number of carbonyl (C=O) groups excluding carboxylic acids is 2. The number of halogens is 5. The molecule has 0 amide bonds. The van der Waals surface area contributed by atoms with E-state index in [0.717, 1.165) is 0 Å². The van der Waals surface area contributed by atoms with Crippen LogP contribution in [-0.2, 0) is 29.1 Å². The van der Waals surface area contributed by atoms with Gasteiger partial charge in [-0.25, -0.2) is 4.79 Å². The topological polar surface area (TPSA) is 116 Å². The third-order valence-electron chi connectivity index (χ3n) is 4.91. The monoisotopic (exact) mass is 468 g/mol. The summed E-state index contributed by atoms with van der Waals surface area (Å²) in [4.78, 5) is 23.9. The number of carbonyl (C=O) groups is 2. The van der Waals surface area contributed by atoms with E-state index in [1.54, 1.807) is 20.8 Å². The third-order valence-corrected chi connectivity index (χ3v) is 5.81. The minimum atomic E-state index is -6.50. The predicted molar refractivity (Wildman–Crippen MR) is 87.9 cm³/mol. The van der Waals surface area contributed by atoms with Gasteiger partial charge in [0.25, 0.3) is 6.10 Å². The Morgan fingerprint density at radius 1 is 1.00 bits per heavy atom. The molecule has 2 fully saturated rings. The Morgan fingerprint density at radius 3 is 1.97 bits per heavy atom. The standard InChI is InChI=1S/C16H21F5O8S/c1-14(2,3)29-13(23)27-10-6-7-4-8(10)5-9(7)11(22)28-12(15(17,18)19)16(20,21)30(24,25)26/h7-10,12H,4-6H2,1-3H3,(H,24,25,26). The molecule has 1 N–H and O–H groups in total. The smallest absolute Gasteiger partial charge is 0.444 e. The number of esters is 1. The van der Waals surface area contributed by atoms with Gasteiger partial charge in [-0.15, -0.1) is 0 Å². The Labute approximate surface area is 168 Å². The highest BCUT2D eigenvalue weighted by atomic mass is 32.2. The quantitative estimate of drug-likeness (QED) is 0.371. The fourth-order valence-electron chi connectivity index (χ4n) is 3.72. The van der Waals surface area contributed by atoms with E-state index in [9.17, 15) is 40.0 Å². The number of ether oxygens (including phenoxy) is 3. The summed E-state index contributed by atoms with van der Waals surface area (Å²) in [6.07, 6.45) is -11.7. The minimum absolute atomic E-state index is 0.0784. The molecule has 30 heavy (non-hydrogen) atoms. The van der Waals surface area contributed by atoms with E-state index in [2.05, 4.69) is 4.74 Å². The number of rotatable bonds is 5. The molecule has 174 valence electrons. The molecule has 14 heteroatoms. The maximum Gasteiger partial charge on any atom is 0.509 e. The van der Waals surface area contributed by atoms with Crippen molar-refractivity contribution in [2.75, 3.05) is 0 Å². The maximum absolute atomic E-state index is 13.6. The van der Waals surface area contributed by atoms with Gasteiger partial charge in [0.05, 0.1) is 5.92 Å². The van der Waals surface area contributed by atoms with Crippen molar-refractivity contribution in [1.82, 2.24) is 0 Å². The first kappa shape index (κ1) is 24.6. The zero-order valence-corrected chi connectivity index (χ0v) is 16.9. The molecule has 2 aliphatic rings. The molecule has 2 rings (SSSR count). The van der Waals surface area contributed by atoms with Crippen LogP contribution in [0, 0.1) is 17.8 Å². The van der Waals surface area contributed by atoms with Crippen LogP contribution in [0.1, 0.15) is 40.0 Å². The fraction of sp³-hybridized carbons (Fsp3) is 0.875. The van der Waals surface area contributed by atoms with Crippen LogP contribution in [0.15, 0.2) is 0 Å². The molecule has 2 saturated carbocycles. The Balaban J connectivity index is 2.04. The van der Waals surface area contributed by atoms with Crippen LogP contribution in [0.5, 0.6) is 0 Å². The summed E-state index contributed by atoms with van der Waals surface area (Å²) >= 11 is 0. The van der Waals surface area contributed by atoms with Crippen molar-refractivity contribution in [3.63, 3.8) is 0 Å². The Morgan fingerprint density at radius 2 is 1.57 bits per heavy atom. The number of alkyl halides is 5. The number of hydrogen-bond acceptors (Lipinski definition) is 7. The summed E-state index contributed by atoms with van der Waals surface area (Å²) in [7, 11) is -6.50. The van der Waals surface area contributed by atoms with Gasteiger partial charge in [0.15, 0.2) is 0 Å². The minimum Gasteiger partial charge on any atom is -0.444 e. The van der Waals surface area contributed by atoms with Crippen molar-refractivity contribution in [3.8, 4) is 0 Å². The summed E-state index contributed by atoms with van der Waals surface area (Å²) in [6.45, 7) is 4.83. The van der Waals surface area contributed by atoms with Crippen molar-refractivity contribution in [2.45, 2.75) is 69.3 Å². The van der Waals surface area contributed by atoms with E-state index in [1.165, 1.54) is 0 Å². The van der Waals surface area contributed by atoms with Gasteiger partial charge in [0, 0.05) is 0 Å². The zero-order chi connectivity index (χ0) is 23.3. The molecule has 8 nitrogen and oxygen atoms in total. The molecular formula is C16H21F5O8S. The first-order valence-corrected chi connectivity index (χ1v) is 10.3. The maximum atomic E-state index is 13.6. The molecule has 0 saturated heterocycles. The second-order valence-electron chi connectivity index (χ2n) is 8.35. The number of fused-ring (bicyclic) bond motifs is 2. The Hall–Kier alpha value is -1.70. The van der Waals surface area contributed by atoms with Gasteiger partial charge < -0.3 is 14.2 Å². The van der Waals surface area contributed by atoms with Gasteiger partial charge in [-0.05, 0) is 51.9 Å². The van der Waals surface area contributed by atoms with Crippen LogP contribution in [-0.4, -0.2) is 54.3 Å². The highest BCUT2D eigenvalue weighted by molar-refractivity contribution is 7.86. The third kappa shape index (κ3) is 5.31. The highest BCUT2D eigenvalue weighted by Gasteiger charge is 2.66. The summed E-state index contributed by atoms with van der Waals surface area (Å²) < 4.78 is 110. The van der Waals surface area contributed by atoms with Gasteiger partial charge in [-0.2, -0.15) is 30.4 Å². The van der Waals surface area contributed by atoms with Gasteiger partial charge in [0.1, 0.15) is 11.7 Å². The van der Waals surface area contributed by atoms with Crippen LogP contribution in [0.25, 0.3) is 0 Å². The van der Waals surface area contributed by atoms with Crippen molar-refractivity contribution in [2.24, 2.45) is 17.8 Å². The largest absolute Gasteiger partial charge is 0.509 e. The van der Waals surface area contributed by atoms with Crippen molar-refractivity contribution >= 4 is 22.2 Å². The summed E-state index contributed by atoms with van der Waals surface area (Å²) in [5, 5.41) is -5.78. The normalized spacial score (nSPS) is 28.2. The average Bonchev–Trinajstić information content (AvgIpc) is 3.07. The summed E-state index contributed by atoms with van der Waals surface area (Å²) in [5.41, 5.74) is -0.814. The van der Waals surface area contributed by atoms with Crippen LogP contribution in [0.2, 0.25) is 0 Å². The van der Waals surface area contributed by atoms with E-state index in [0.29, 0.717) is 0 Å². The lowest BCUT2D eigenvalue weighted by Gasteiger charge is -2.30. The lowest BCUT2D eigenvalue weighted by molar-refractivity contribution is -0.261. The molecule has 5 atom stereocenters. The second-order valence-corrected chi connectivity index (χ2v) is 9.84. The van der Waals surface area contributed by atoms with Crippen LogP contribution < -0.4 is 0 Å². The molecule has 0 aliphatic heterocycles. The lowest BCUT2D eigenvalue weighted by Crippen LogP contribution is -2.53. The molecule has 0 radical (unpaired) electrons. The van der Waals surface area contributed by atoms with E-state index >= 15 is 0 Å².